The summed E-state index contributed by atoms with van der Waals surface area (Å²) < 4.78 is 0. The molecule has 0 aromatic rings. The molecule has 90 valence electrons. The topological polar surface area (TPSA) is 24.7 Å². The second-order valence-electron chi connectivity index (χ2n) is 5.02. The van der Waals surface area contributed by atoms with Gasteiger partial charge in [-0.25, -0.2) is 0 Å². The van der Waals surface area contributed by atoms with E-state index < -0.39 is 0 Å². The van der Waals surface area contributed by atoms with Crippen LogP contribution in [0.15, 0.2) is 21.4 Å². The zero-order chi connectivity index (χ0) is 11.4. The summed E-state index contributed by atoms with van der Waals surface area (Å²) in [4.78, 5) is 0. The predicted octanol–water partition coefficient (Wildman–Crippen LogP) is 4.47. The van der Waals surface area contributed by atoms with Crippen molar-refractivity contribution in [2.45, 2.75) is 70.1 Å². The van der Waals surface area contributed by atoms with Gasteiger partial charge in [0.25, 0.3) is 0 Å². The van der Waals surface area contributed by atoms with E-state index in [1.807, 2.05) is 0 Å². The molecule has 0 fully saturated rings. The van der Waals surface area contributed by atoms with Gasteiger partial charge in [0.2, 0.25) is 0 Å². The van der Waals surface area contributed by atoms with E-state index in [-0.39, 0.29) is 5.78 Å². The fourth-order valence-electron chi connectivity index (χ4n) is 2.79. The Hall–Kier alpha value is -0.230. The van der Waals surface area contributed by atoms with Crippen LogP contribution in [0.25, 0.3) is 0 Å². The Morgan fingerprint density at radius 3 is 2.12 bits per heavy atom. The SMILES string of the molecule is CC1N=NC(P)C2=C1CCCCCCCC2. The van der Waals surface area contributed by atoms with Gasteiger partial charge < -0.3 is 0 Å². The van der Waals surface area contributed by atoms with Crippen molar-refractivity contribution in [1.82, 2.24) is 0 Å². The maximum absolute atomic E-state index is 4.37. The molecule has 2 aliphatic rings. The van der Waals surface area contributed by atoms with Crippen molar-refractivity contribution in [1.29, 1.82) is 0 Å². The molecule has 0 bridgehead atoms. The van der Waals surface area contributed by atoms with Gasteiger partial charge in [-0.1, -0.05) is 25.7 Å². The van der Waals surface area contributed by atoms with Gasteiger partial charge in [-0.3, -0.25) is 0 Å². The molecule has 2 rings (SSSR count). The Balaban J connectivity index is 2.15. The highest BCUT2D eigenvalue weighted by Gasteiger charge is 2.22. The van der Waals surface area contributed by atoms with E-state index in [2.05, 4.69) is 26.4 Å². The molecule has 0 N–H and O–H groups in total. The predicted molar refractivity (Wildman–Crippen MR) is 71.8 cm³/mol. The molecular formula is C13H23N2P. The smallest absolute Gasteiger partial charge is 0.105 e. The molecule has 3 atom stereocenters. The van der Waals surface area contributed by atoms with Gasteiger partial charge >= 0.3 is 0 Å². The van der Waals surface area contributed by atoms with Crippen LogP contribution in [0.5, 0.6) is 0 Å². The van der Waals surface area contributed by atoms with Gasteiger partial charge in [0, 0.05) is 0 Å². The number of hydrogen-bond acceptors (Lipinski definition) is 2. The van der Waals surface area contributed by atoms with Crippen LogP contribution < -0.4 is 0 Å². The number of nitrogens with zero attached hydrogens (tertiary/aromatic N) is 2. The molecule has 3 heteroatoms. The number of hydrogen-bond donors (Lipinski definition) is 0. The third kappa shape index (κ3) is 2.91. The highest BCUT2D eigenvalue weighted by molar-refractivity contribution is 7.18. The van der Waals surface area contributed by atoms with Crippen LogP contribution in [-0.4, -0.2) is 11.8 Å². The zero-order valence-electron chi connectivity index (χ0n) is 10.3. The number of rotatable bonds is 0. The molecular weight excluding hydrogens is 215 g/mol. The average Bonchev–Trinajstić information content (AvgIpc) is 2.30. The molecule has 2 nitrogen and oxygen atoms in total. The molecule has 0 aromatic heterocycles. The zero-order valence-corrected chi connectivity index (χ0v) is 11.4. The van der Waals surface area contributed by atoms with E-state index in [1.165, 1.54) is 51.4 Å². The van der Waals surface area contributed by atoms with Gasteiger partial charge in [0.15, 0.2) is 0 Å². The summed E-state index contributed by atoms with van der Waals surface area (Å²) in [6, 6.07) is 0.339. The first-order valence-corrected chi connectivity index (χ1v) is 7.33. The quantitative estimate of drug-likeness (QED) is 0.439. The minimum Gasteiger partial charge on any atom is -0.186 e. The van der Waals surface area contributed by atoms with Gasteiger partial charge in [-0.2, -0.15) is 10.2 Å². The first kappa shape index (κ1) is 12.2. The average molecular weight is 238 g/mol. The summed E-state index contributed by atoms with van der Waals surface area (Å²) in [6.45, 7) is 2.20. The van der Waals surface area contributed by atoms with E-state index in [9.17, 15) is 0 Å². The summed E-state index contributed by atoms with van der Waals surface area (Å²) in [5.41, 5.74) is 3.17. The Morgan fingerprint density at radius 1 is 0.875 bits per heavy atom. The third-order valence-corrected chi connectivity index (χ3v) is 4.32. The van der Waals surface area contributed by atoms with E-state index in [0.717, 1.165) is 0 Å². The summed E-state index contributed by atoms with van der Waals surface area (Å²) in [7, 11) is 2.84. The molecule has 1 aliphatic carbocycles. The van der Waals surface area contributed by atoms with E-state index in [1.54, 1.807) is 11.1 Å². The Labute approximate surface area is 101 Å². The van der Waals surface area contributed by atoms with Crippen LogP contribution in [0.3, 0.4) is 0 Å². The van der Waals surface area contributed by atoms with Crippen molar-refractivity contribution >= 4 is 9.24 Å². The van der Waals surface area contributed by atoms with Crippen LogP contribution in [0, 0.1) is 0 Å². The lowest BCUT2D eigenvalue weighted by atomic mass is 9.90. The summed E-state index contributed by atoms with van der Waals surface area (Å²) >= 11 is 0. The second-order valence-corrected chi connectivity index (χ2v) is 5.66. The molecule has 1 heterocycles. The summed E-state index contributed by atoms with van der Waals surface area (Å²) in [5, 5.41) is 8.72. The maximum Gasteiger partial charge on any atom is 0.105 e. The standard InChI is InChI=1S/C13H23N2P/c1-10-11-8-6-4-2-3-5-7-9-12(11)13(16)15-14-10/h10,13H,2-9,16H2,1H3. The molecule has 3 unspecified atom stereocenters. The van der Waals surface area contributed by atoms with Crippen molar-refractivity contribution in [3.05, 3.63) is 11.1 Å². The Morgan fingerprint density at radius 2 is 1.44 bits per heavy atom. The van der Waals surface area contributed by atoms with Crippen molar-refractivity contribution in [2.75, 3.05) is 0 Å². The first-order valence-electron chi connectivity index (χ1n) is 6.66. The summed E-state index contributed by atoms with van der Waals surface area (Å²) in [5.74, 6) is 0.269. The van der Waals surface area contributed by atoms with Gasteiger partial charge in [0.1, 0.15) is 5.78 Å². The molecule has 16 heavy (non-hydrogen) atoms. The van der Waals surface area contributed by atoms with Crippen molar-refractivity contribution in [3.8, 4) is 0 Å². The lowest BCUT2D eigenvalue weighted by Gasteiger charge is -2.25. The largest absolute Gasteiger partial charge is 0.186 e. The van der Waals surface area contributed by atoms with E-state index in [0.29, 0.717) is 6.04 Å². The van der Waals surface area contributed by atoms with Crippen LogP contribution in [0.2, 0.25) is 0 Å². The van der Waals surface area contributed by atoms with Crippen molar-refractivity contribution in [3.63, 3.8) is 0 Å². The lowest BCUT2D eigenvalue weighted by Crippen LogP contribution is -2.17. The highest BCUT2D eigenvalue weighted by atomic mass is 31.0. The minimum atomic E-state index is 0.269. The molecule has 0 amide bonds. The normalized spacial score (nSPS) is 32.4. The van der Waals surface area contributed by atoms with Crippen LogP contribution in [0.4, 0.5) is 0 Å². The van der Waals surface area contributed by atoms with Crippen LogP contribution in [-0.2, 0) is 0 Å². The minimum absolute atomic E-state index is 0.269. The molecule has 1 aliphatic heterocycles. The molecule has 0 saturated heterocycles. The van der Waals surface area contributed by atoms with E-state index in [4.69, 9.17) is 0 Å². The maximum atomic E-state index is 4.37. The molecule has 0 radical (unpaired) electrons. The molecule has 0 aromatic carbocycles. The second kappa shape index (κ2) is 5.91. The highest BCUT2D eigenvalue weighted by Crippen LogP contribution is 2.34. The van der Waals surface area contributed by atoms with Crippen molar-refractivity contribution in [2.24, 2.45) is 10.2 Å². The number of azo groups is 1. The van der Waals surface area contributed by atoms with Crippen molar-refractivity contribution < 1.29 is 0 Å². The third-order valence-electron chi connectivity index (χ3n) is 3.78. The summed E-state index contributed by atoms with van der Waals surface area (Å²) in [6.07, 6.45) is 10.8. The lowest BCUT2D eigenvalue weighted by molar-refractivity contribution is 0.545. The molecule has 0 saturated carbocycles. The van der Waals surface area contributed by atoms with Crippen LogP contribution >= 0.6 is 9.24 Å². The monoisotopic (exact) mass is 238 g/mol. The fraction of sp³-hybridized carbons (Fsp3) is 0.846. The first-order chi connectivity index (χ1) is 7.79. The fourth-order valence-corrected chi connectivity index (χ4v) is 3.24. The van der Waals surface area contributed by atoms with E-state index >= 15 is 0 Å². The Kier molecular flexibility index (Phi) is 4.52. The molecule has 0 spiro atoms. The van der Waals surface area contributed by atoms with Gasteiger partial charge in [-0.05, 0) is 43.8 Å². The van der Waals surface area contributed by atoms with Gasteiger partial charge in [-0.15, -0.1) is 9.24 Å². The Bertz CT molecular complexity index is 268. The van der Waals surface area contributed by atoms with Crippen LogP contribution in [0.1, 0.15) is 58.3 Å². The van der Waals surface area contributed by atoms with Gasteiger partial charge in [0.05, 0.1) is 6.04 Å².